The number of hydrogen-bond donors (Lipinski definition) is 0. The fourth-order valence-electron chi connectivity index (χ4n) is 2.93. The first-order valence-electron chi connectivity index (χ1n) is 7.42. The maximum atomic E-state index is 12.5. The minimum absolute atomic E-state index is 0.0220. The third-order valence-electron chi connectivity index (χ3n) is 4.42. The fraction of sp³-hybridized carbons (Fsp3) is 0.389. The van der Waals surface area contributed by atoms with E-state index < -0.39 is 12.1 Å². The number of nitriles is 2. The van der Waals surface area contributed by atoms with Gasteiger partial charge < -0.3 is 9.30 Å². The summed E-state index contributed by atoms with van der Waals surface area (Å²) < 4.78 is 7.73. The second kappa shape index (κ2) is 7.48. The van der Waals surface area contributed by atoms with Gasteiger partial charge in [-0.05, 0) is 49.3 Å². The molecule has 5 nitrogen and oxygen atoms in total. The summed E-state index contributed by atoms with van der Waals surface area (Å²) in [5.41, 5.74) is 0.520. The molecule has 0 bridgehead atoms. The molecule has 2 rings (SSSR count). The van der Waals surface area contributed by atoms with Gasteiger partial charge in [0.2, 0.25) is 6.10 Å². The van der Waals surface area contributed by atoms with Crippen molar-refractivity contribution in [3.8, 4) is 24.5 Å². The third kappa shape index (κ3) is 3.98. The van der Waals surface area contributed by atoms with Crippen LogP contribution in [0.2, 0.25) is 0 Å². The number of terminal acetylenes is 1. The minimum Gasteiger partial charge on any atom is -0.442 e. The van der Waals surface area contributed by atoms with Crippen molar-refractivity contribution in [1.29, 1.82) is 10.5 Å². The molecule has 0 N–H and O–H groups in total. The van der Waals surface area contributed by atoms with Gasteiger partial charge in [0, 0.05) is 11.8 Å². The van der Waals surface area contributed by atoms with Gasteiger partial charge in [0.1, 0.15) is 17.8 Å². The highest BCUT2D eigenvalue weighted by atomic mass is 79.9. The molecule has 1 saturated carbocycles. The molecule has 1 aromatic heterocycles. The summed E-state index contributed by atoms with van der Waals surface area (Å²) in [6.07, 6.45) is 7.68. The Morgan fingerprint density at radius 3 is 2.72 bits per heavy atom. The SMILES string of the molecule is C#CCn1cc(C(C#N)OC(=O)C2C(C=C(Br)Br)C2(C)C)cc1C#N. The van der Waals surface area contributed by atoms with E-state index in [2.05, 4.69) is 37.8 Å². The van der Waals surface area contributed by atoms with Gasteiger partial charge in [0.25, 0.3) is 0 Å². The van der Waals surface area contributed by atoms with Crippen LogP contribution in [-0.4, -0.2) is 10.5 Å². The predicted molar refractivity (Wildman–Crippen MR) is 99.1 cm³/mol. The van der Waals surface area contributed by atoms with Crippen molar-refractivity contribution < 1.29 is 9.53 Å². The second-order valence-electron chi connectivity index (χ2n) is 6.33. The van der Waals surface area contributed by atoms with E-state index >= 15 is 0 Å². The summed E-state index contributed by atoms with van der Waals surface area (Å²) in [6, 6.07) is 5.50. The van der Waals surface area contributed by atoms with E-state index in [0.29, 0.717) is 11.3 Å². The number of carbonyl (C=O) groups excluding carboxylic acids is 1. The molecule has 1 aliphatic rings. The molecule has 128 valence electrons. The molecule has 0 saturated heterocycles. The Morgan fingerprint density at radius 2 is 2.20 bits per heavy atom. The van der Waals surface area contributed by atoms with E-state index in [-0.39, 0.29) is 23.8 Å². The molecule has 7 heteroatoms. The Bertz CT molecular complexity index is 845. The topological polar surface area (TPSA) is 78.8 Å². The molecule has 25 heavy (non-hydrogen) atoms. The smallest absolute Gasteiger partial charge is 0.311 e. The fourth-order valence-corrected chi connectivity index (χ4v) is 3.50. The maximum Gasteiger partial charge on any atom is 0.311 e. The summed E-state index contributed by atoms with van der Waals surface area (Å²) in [7, 11) is 0. The van der Waals surface area contributed by atoms with Crippen molar-refractivity contribution in [3.05, 3.63) is 33.0 Å². The molecule has 0 aliphatic heterocycles. The molecule has 1 fully saturated rings. The predicted octanol–water partition coefficient (Wildman–Crippen LogP) is 4.00. The van der Waals surface area contributed by atoms with Gasteiger partial charge in [-0.1, -0.05) is 25.8 Å². The molecule has 1 aromatic rings. The van der Waals surface area contributed by atoms with E-state index in [1.54, 1.807) is 10.8 Å². The van der Waals surface area contributed by atoms with Crippen molar-refractivity contribution in [2.75, 3.05) is 0 Å². The van der Waals surface area contributed by atoms with Crippen LogP contribution >= 0.6 is 31.9 Å². The van der Waals surface area contributed by atoms with Gasteiger partial charge in [0.05, 0.1) is 15.9 Å². The van der Waals surface area contributed by atoms with Crippen LogP contribution in [0.5, 0.6) is 0 Å². The van der Waals surface area contributed by atoms with Gasteiger partial charge in [-0.3, -0.25) is 4.79 Å². The number of aromatic nitrogens is 1. The number of halogens is 2. The zero-order chi connectivity index (χ0) is 18.8. The number of allylic oxidation sites excluding steroid dienone is 1. The van der Waals surface area contributed by atoms with Gasteiger partial charge in [0.15, 0.2) is 0 Å². The molecule has 0 aromatic carbocycles. The first-order valence-corrected chi connectivity index (χ1v) is 9.01. The number of rotatable bonds is 5. The largest absolute Gasteiger partial charge is 0.442 e. The van der Waals surface area contributed by atoms with Gasteiger partial charge in [-0.15, -0.1) is 6.42 Å². The summed E-state index contributed by atoms with van der Waals surface area (Å²) in [4.78, 5) is 12.5. The lowest BCUT2D eigenvalue weighted by atomic mass is 10.1. The van der Waals surface area contributed by atoms with Crippen LogP contribution in [0.15, 0.2) is 21.7 Å². The molecule has 1 aliphatic carbocycles. The monoisotopic (exact) mass is 463 g/mol. The van der Waals surface area contributed by atoms with Crippen LogP contribution in [0.1, 0.15) is 31.2 Å². The molecular formula is C18H15Br2N3O2. The average molecular weight is 465 g/mol. The van der Waals surface area contributed by atoms with Crippen molar-refractivity contribution in [1.82, 2.24) is 4.57 Å². The van der Waals surface area contributed by atoms with Crippen LogP contribution in [0.4, 0.5) is 0 Å². The second-order valence-corrected chi connectivity index (χ2v) is 9.10. The highest BCUT2D eigenvalue weighted by Crippen LogP contribution is 2.60. The van der Waals surface area contributed by atoms with E-state index in [4.69, 9.17) is 16.4 Å². The van der Waals surface area contributed by atoms with Crippen LogP contribution in [-0.2, 0) is 16.1 Å². The molecule has 3 atom stereocenters. The molecule has 3 unspecified atom stereocenters. The Balaban J connectivity index is 2.18. The number of nitrogens with zero attached hydrogens (tertiary/aromatic N) is 3. The Kier molecular flexibility index (Phi) is 5.78. The van der Waals surface area contributed by atoms with Crippen LogP contribution < -0.4 is 0 Å². The number of ether oxygens (including phenoxy) is 1. The first-order chi connectivity index (χ1) is 11.8. The Hall–Kier alpha value is -2.01. The van der Waals surface area contributed by atoms with Crippen LogP contribution in [0.25, 0.3) is 0 Å². The van der Waals surface area contributed by atoms with E-state index in [1.165, 1.54) is 6.07 Å². The minimum atomic E-state index is -1.08. The average Bonchev–Trinajstić information content (AvgIpc) is 2.90. The molecule has 0 amide bonds. The lowest BCUT2D eigenvalue weighted by molar-refractivity contribution is -0.149. The highest BCUT2D eigenvalue weighted by Gasteiger charge is 2.61. The van der Waals surface area contributed by atoms with Gasteiger partial charge >= 0.3 is 5.97 Å². The number of hydrogen-bond acceptors (Lipinski definition) is 4. The first kappa shape index (κ1) is 19.3. The summed E-state index contributed by atoms with van der Waals surface area (Å²) in [6.45, 7) is 4.15. The third-order valence-corrected chi connectivity index (χ3v) is 4.95. The standard InChI is InChI=1S/C18H15Br2N3O2/c1-4-5-23-10-11(6-12(23)8-21)14(9-22)25-17(24)16-13(7-15(19)20)18(16,2)3/h1,6-7,10,13-14,16H,5H2,2-3H3. The van der Waals surface area contributed by atoms with E-state index in [9.17, 15) is 10.1 Å². The zero-order valence-corrected chi connectivity index (χ0v) is 16.8. The molecule has 1 heterocycles. The molecule has 0 spiro atoms. The van der Waals surface area contributed by atoms with Crippen LogP contribution in [0.3, 0.4) is 0 Å². The Labute approximate surface area is 163 Å². The lowest BCUT2D eigenvalue weighted by Gasteiger charge is -2.10. The highest BCUT2D eigenvalue weighted by molar-refractivity contribution is 9.28. The van der Waals surface area contributed by atoms with Gasteiger partial charge in [-0.25, -0.2) is 0 Å². The summed E-state index contributed by atoms with van der Waals surface area (Å²) in [5, 5.41) is 18.5. The summed E-state index contributed by atoms with van der Waals surface area (Å²) in [5.74, 6) is 1.71. The van der Waals surface area contributed by atoms with Crippen molar-refractivity contribution >= 4 is 37.8 Å². The zero-order valence-electron chi connectivity index (χ0n) is 13.7. The van der Waals surface area contributed by atoms with E-state index in [0.717, 1.165) is 3.39 Å². The quantitative estimate of drug-likeness (QED) is 0.487. The molecular weight excluding hydrogens is 450 g/mol. The van der Waals surface area contributed by atoms with Crippen LogP contribution in [0, 0.1) is 52.3 Å². The lowest BCUT2D eigenvalue weighted by Crippen LogP contribution is -2.14. The van der Waals surface area contributed by atoms with Crippen molar-refractivity contribution in [2.45, 2.75) is 26.5 Å². The number of esters is 1. The van der Waals surface area contributed by atoms with Gasteiger partial charge in [-0.2, -0.15) is 10.5 Å². The maximum absolute atomic E-state index is 12.5. The van der Waals surface area contributed by atoms with E-state index in [1.807, 2.05) is 32.1 Å². The molecule has 0 radical (unpaired) electrons. The van der Waals surface area contributed by atoms with Crippen molar-refractivity contribution in [2.24, 2.45) is 17.3 Å². The van der Waals surface area contributed by atoms with Crippen molar-refractivity contribution in [3.63, 3.8) is 0 Å². The Morgan fingerprint density at radius 1 is 1.52 bits per heavy atom. The normalized spacial score (nSPS) is 21.2. The summed E-state index contributed by atoms with van der Waals surface area (Å²) >= 11 is 6.60. The number of carbonyl (C=O) groups is 1.